The lowest BCUT2D eigenvalue weighted by Gasteiger charge is -2.24. The van der Waals surface area contributed by atoms with E-state index in [2.05, 4.69) is 10.1 Å². The number of methoxy groups -OCH3 is 2. The fourth-order valence-corrected chi connectivity index (χ4v) is 3.06. The van der Waals surface area contributed by atoms with Crippen LogP contribution in [0, 0.1) is 16.0 Å². The van der Waals surface area contributed by atoms with Gasteiger partial charge in [0.05, 0.1) is 24.7 Å². The summed E-state index contributed by atoms with van der Waals surface area (Å²) in [5, 5.41) is 14.6. The van der Waals surface area contributed by atoms with Crippen LogP contribution in [0.25, 0.3) is 0 Å². The third kappa shape index (κ3) is 5.72. The summed E-state index contributed by atoms with van der Waals surface area (Å²) < 4.78 is 15.3. The summed E-state index contributed by atoms with van der Waals surface area (Å²) in [6.45, 7) is 6.87. The van der Waals surface area contributed by atoms with Gasteiger partial charge in [0.1, 0.15) is 11.4 Å². The molecule has 0 aliphatic carbocycles. The molecule has 0 radical (unpaired) electrons. The second-order valence-corrected chi connectivity index (χ2v) is 7.78. The fraction of sp³-hybridized carbons (Fsp3) is 0.579. The van der Waals surface area contributed by atoms with Gasteiger partial charge in [-0.15, -0.1) is 0 Å². The van der Waals surface area contributed by atoms with Gasteiger partial charge in [0, 0.05) is 25.7 Å². The smallest absolute Gasteiger partial charge is 0.410 e. The first-order valence-electron chi connectivity index (χ1n) is 9.22. The molecule has 1 aliphatic rings. The number of likely N-dealkylation sites (tertiary alicyclic amines) is 1. The molecule has 1 aromatic rings. The molecule has 0 aromatic heterocycles. The average molecular weight is 409 g/mol. The first-order chi connectivity index (χ1) is 13.6. The largest absolute Gasteiger partial charge is 0.494 e. The van der Waals surface area contributed by atoms with Crippen molar-refractivity contribution in [3.63, 3.8) is 0 Å². The van der Waals surface area contributed by atoms with Crippen molar-refractivity contribution in [2.24, 2.45) is 5.92 Å². The van der Waals surface area contributed by atoms with Crippen LogP contribution in [0.4, 0.5) is 16.2 Å². The Kier molecular flexibility index (Phi) is 6.89. The average Bonchev–Trinajstić information content (AvgIpc) is 3.12. The number of amides is 1. The van der Waals surface area contributed by atoms with E-state index in [1.165, 1.54) is 20.3 Å². The lowest BCUT2D eigenvalue weighted by atomic mass is 10.1. The minimum atomic E-state index is -0.693. The second kappa shape index (κ2) is 8.97. The Bertz CT molecular complexity index is 789. The molecule has 1 amide bonds. The van der Waals surface area contributed by atoms with Crippen LogP contribution in [0.3, 0.4) is 0 Å². The Morgan fingerprint density at radius 1 is 1.31 bits per heavy atom. The molecular weight excluding hydrogens is 382 g/mol. The molecule has 1 heterocycles. The Morgan fingerprint density at radius 2 is 2.00 bits per heavy atom. The van der Waals surface area contributed by atoms with E-state index in [1.54, 1.807) is 4.90 Å². The van der Waals surface area contributed by atoms with Crippen molar-refractivity contribution in [2.75, 3.05) is 39.2 Å². The standard InChI is InChI=1S/C19H27N3O7/c1-19(2,3)29-18(24)21-7-6-12(11-21)10-20-16-14(22(25)26)8-13(17(23)28-5)9-15(16)27-4/h8-9,12,20H,6-7,10-11H2,1-5H3/t12-/m1/s1. The number of carbonyl (C=O) groups is 2. The van der Waals surface area contributed by atoms with E-state index >= 15 is 0 Å². The molecular formula is C19H27N3O7. The van der Waals surface area contributed by atoms with E-state index in [9.17, 15) is 19.7 Å². The Hall–Kier alpha value is -3.04. The summed E-state index contributed by atoms with van der Waals surface area (Å²) in [5.41, 5.74) is -0.644. The Morgan fingerprint density at radius 3 is 2.55 bits per heavy atom. The Labute approximate surface area is 169 Å². The number of nitrogens with zero attached hydrogens (tertiary/aromatic N) is 2. The van der Waals surface area contributed by atoms with E-state index in [4.69, 9.17) is 9.47 Å². The number of hydrogen-bond acceptors (Lipinski definition) is 8. The highest BCUT2D eigenvalue weighted by molar-refractivity contribution is 5.93. The van der Waals surface area contributed by atoms with E-state index in [0.29, 0.717) is 19.6 Å². The normalized spacial score (nSPS) is 16.3. The molecule has 1 atom stereocenters. The van der Waals surface area contributed by atoms with Crippen LogP contribution < -0.4 is 10.1 Å². The number of rotatable bonds is 6. The summed E-state index contributed by atoms with van der Waals surface area (Å²) in [4.78, 5) is 36.5. The molecule has 1 aliphatic heterocycles. The summed E-state index contributed by atoms with van der Waals surface area (Å²) in [6, 6.07) is 2.54. The number of carbonyl (C=O) groups excluding carboxylic acids is 2. The second-order valence-electron chi connectivity index (χ2n) is 7.78. The van der Waals surface area contributed by atoms with Crippen LogP contribution in [-0.2, 0) is 9.47 Å². The molecule has 0 saturated carbocycles. The van der Waals surface area contributed by atoms with Gasteiger partial charge >= 0.3 is 12.1 Å². The van der Waals surface area contributed by atoms with Gasteiger partial charge < -0.3 is 24.4 Å². The van der Waals surface area contributed by atoms with Crippen molar-refractivity contribution in [3.05, 3.63) is 27.8 Å². The summed E-state index contributed by atoms with van der Waals surface area (Å²) in [5.74, 6) is -0.435. The lowest BCUT2D eigenvalue weighted by Crippen LogP contribution is -2.35. The van der Waals surface area contributed by atoms with Gasteiger partial charge in [0.2, 0.25) is 0 Å². The first kappa shape index (κ1) is 22.3. The zero-order chi connectivity index (χ0) is 21.8. The van der Waals surface area contributed by atoms with Crippen LogP contribution in [-0.4, -0.2) is 61.3 Å². The minimum Gasteiger partial charge on any atom is -0.494 e. The van der Waals surface area contributed by atoms with Gasteiger partial charge in [-0.3, -0.25) is 10.1 Å². The molecule has 160 valence electrons. The zero-order valence-electron chi connectivity index (χ0n) is 17.3. The van der Waals surface area contributed by atoms with Gasteiger partial charge in [-0.2, -0.15) is 0 Å². The molecule has 29 heavy (non-hydrogen) atoms. The van der Waals surface area contributed by atoms with Crippen LogP contribution in [0.5, 0.6) is 5.75 Å². The lowest BCUT2D eigenvalue weighted by molar-refractivity contribution is -0.384. The first-order valence-corrected chi connectivity index (χ1v) is 9.22. The molecule has 1 saturated heterocycles. The quantitative estimate of drug-likeness (QED) is 0.432. The van der Waals surface area contributed by atoms with Gasteiger partial charge in [0.25, 0.3) is 5.69 Å². The van der Waals surface area contributed by atoms with Crippen LogP contribution in [0.2, 0.25) is 0 Å². The number of hydrogen-bond donors (Lipinski definition) is 1. The summed E-state index contributed by atoms with van der Waals surface area (Å²) >= 11 is 0. The number of anilines is 1. The van der Waals surface area contributed by atoms with Crippen molar-refractivity contribution in [3.8, 4) is 5.75 Å². The highest BCUT2D eigenvalue weighted by atomic mass is 16.6. The molecule has 1 N–H and O–H groups in total. The molecule has 0 bridgehead atoms. The maximum atomic E-state index is 12.2. The van der Waals surface area contributed by atoms with E-state index in [1.807, 2.05) is 20.8 Å². The highest BCUT2D eigenvalue weighted by Gasteiger charge is 2.31. The maximum Gasteiger partial charge on any atom is 0.410 e. The Balaban J connectivity index is 2.11. The monoisotopic (exact) mass is 409 g/mol. The van der Waals surface area contributed by atoms with Crippen molar-refractivity contribution in [1.82, 2.24) is 4.90 Å². The van der Waals surface area contributed by atoms with Crippen LogP contribution in [0.15, 0.2) is 12.1 Å². The van der Waals surface area contributed by atoms with Crippen molar-refractivity contribution in [1.29, 1.82) is 0 Å². The molecule has 2 rings (SSSR count). The maximum absolute atomic E-state index is 12.2. The van der Waals surface area contributed by atoms with E-state index in [-0.39, 0.29) is 34.7 Å². The van der Waals surface area contributed by atoms with E-state index < -0.39 is 16.5 Å². The van der Waals surface area contributed by atoms with Gasteiger partial charge in [-0.05, 0) is 39.2 Å². The third-order valence-corrected chi connectivity index (χ3v) is 4.42. The number of nitrogens with one attached hydrogen (secondary N) is 1. The summed E-state index contributed by atoms with van der Waals surface area (Å²) in [7, 11) is 2.56. The van der Waals surface area contributed by atoms with Crippen LogP contribution in [0.1, 0.15) is 37.6 Å². The van der Waals surface area contributed by atoms with E-state index in [0.717, 1.165) is 12.5 Å². The predicted octanol–water partition coefficient (Wildman–Crippen LogP) is 3.06. The minimum absolute atomic E-state index is 0.0265. The zero-order valence-corrected chi connectivity index (χ0v) is 17.3. The van der Waals surface area contributed by atoms with Gasteiger partial charge in [0.15, 0.2) is 5.69 Å². The SMILES string of the molecule is COC(=O)c1cc(OC)c(NC[C@H]2CCN(C(=O)OC(C)(C)C)C2)c([N+](=O)[O-])c1. The molecule has 10 nitrogen and oxygen atoms in total. The molecule has 10 heteroatoms. The number of nitro benzene ring substituents is 1. The number of benzene rings is 1. The van der Waals surface area contributed by atoms with Crippen molar-refractivity contribution in [2.45, 2.75) is 32.8 Å². The molecule has 1 aromatic carbocycles. The molecule has 1 fully saturated rings. The topological polar surface area (TPSA) is 120 Å². The number of esters is 1. The molecule has 0 spiro atoms. The van der Waals surface area contributed by atoms with Crippen molar-refractivity contribution >= 4 is 23.4 Å². The fourth-order valence-electron chi connectivity index (χ4n) is 3.06. The predicted molar refractivity (Wildman–Crippen MR) is 105 cm³/mol. The highest BCUT2D eigenvalue weighted by Crippen LogP contribution is 2.36. The molecule has 0 unspecified atom stereocenters. The number of ether oxygens (including phenoxy) is 3. The van der Waals surface area contributed by atoms with Gasteiger partial charge in [-0.1, -0.05) is 0 Å². The number of nitro groups is 1. The summed E-state index contributed by atoms with van der Waals surface area (Å²) in [6.07, 6.45) is 0.369. The van der Waals surface area contributed by atoms with Crippen molar-refractivity contribution < 1.29 is 28.7 Å². The van der Waals surface area contributed by atoms with Gasteiger partial charge in [-0.25, -0.2) is 9.59 Å². The van der Waals surface area contributed by atoms with Crippen LogP contribution >= 0.6 is 0 Å². The third-order valence-electron chi connectivity index (χ3n) is 4.42.